The fourth-order valence-electron chi connectivity index (χ4n) is 3.78. The third-order valence-corrected chi connectivity index (χ3v) is 5.03. The molecule has 1 aromatic carbocycles. The Morgan fingerprint density at radius 2 is 1.84 bits per heavy atom. The summed E-state index contributed by atoms with van der Waals surface area (Å²) < 4.78 is 0. The molecule has 0 saturated heterocycles. The molecular formula is C17H25NO. The van der Waals surface area contributed by atoms with Crippen molar-refractivity contribution in [2.75, 3.05) is 6.54 Å². The highest BCUT2D eigenvalue weighted by Crippen LogP contribution is 2.33. The average Bonchev–Trinajstić information content (AvgIpc) is 2.83. The van der Waals surface area contributed by atoms with Crippen LogP contribution in [0.1, 0.15) is 43.7 Å². The minimum Gasteiger partial charge on any atom is -0.393 e. The molecule has 2 aliphatic rings. The Hall–Kier alpha value is -0.860. The molecule has 1 heterocycles. The van der Waals surface area contributed by atoms with Gasteiger partial charge in [-0.3, -0.25) is 4.90 Å². The van der Waals surface area contributed by atoms with Crippen molar-refractivity contribution < 1.29 is 5.11 Å². The first-order valence-electron chi connectivity index (χ1n) is 7.73. The van der Waals surface area contributed by atoms with Gasteiger partial charge >= 0.3 is 0 Å². The van der Waals surface area contributed by atoms with Gasteiger partial charge < -0.3 is 5.11 Å². The average molecular weight is 259 g/mol. The Kier molecular flexibility index (Phi) is 3.90. The van der Waals surface area contributed by atoms with Gasteiger partial charge in [0.05, 0.1) is 6.10 Å². The van der Waals surface area contributed by atoms with Gasteiger partial charge in [-0.1, -0.05) is 37.6 Å². The standard InChI is InChI=1S/C17H25NO/c1-2-13-7-8-17(19)16(9-13)12-18-10-14-5-3-4-6-15(14)11-18/h3-6,13,16-17,19H,2,7-12H2,1H3. The summed E-state index contributed by atoms with van der Waals surface area (Å²) in [6.07, 6.45) is 4.62. The van der Waals surface area contributed by atoms with E-state index in [0.717, 1.165) is 32.0 Å². The van der Waals surface area contributed by atoms with Crippen LogP contribution in [-0.4, -0.2) is 22.7 Å². The lowest BCUT2D eigenvalue weighted by atomic mass is 9.78. The predicted octanol–water partition coefficient (Wildman–Crippen LogP) is 3.19. The molecule has 0 bridgehead atoms. The minimum atomic E-state index is -0.0773. The Bertz CT molecular complexity index is 406. The van der Waals surface area contributed by atoms with Crippen molar-refractivity contribution >= 4 is 0 Å². The van der Waals surface area contributed by atoms with E-state index in [0.29, 0.717) is 5.92 Å². The summed E-state index contributed by atoms with van der Waals surface area (Å²) in [6.45, 7) is 5.48. The number of benzene rings is 1. The van der Waals surface area contributed by atoms with E-state index < -0.39 is 0 Å². The molecule has 2 nitrogen and oxygen atoms in total. The molecule has 0 spiro atoms. The first-order chi connectivity index (χ1) is 9.26. The van der Waals surface area contributed by atoms with E-state index in [-0.39, 0.29) is 6.10 Å². The van der Waals surface area contributed by atoms with Gasteiger partial charge in [0.1, 0.15) is 0 Å². The first-order valence-corrected chi connectivity index (χ1v) is 7.73. The largest absolute Gasteiger partial charge is 0.393 e. The molecule has 1 saturated carbocycles. The zero-order valence-corrected chi connectivity index (χ0v) is 11.9. The van der Waals surface area contributed by atoms with E-state index in [1.807, 2.05) is 0 Å². The maximum absolute atomic E-state index is 10.2. The Morgan fingerprint density at radius 1 is 1.16 bits per heavy atom. The summed E-state index contributed by atoms with van der Waals surface area (Å²) in [5.74, 6) is 1.31. The molecule has 1 aliphatic heterocycles. The van der Waals surface area contributed by atoms with Gasteiger partial charge in [0, 0.05) is 19.6 Å². The summed E-state index contributed by atoms with van der Waals surface area (Å²) in [5, 5.41) is 10.2. The van der Waals surface area contributed by atoms with Crippen LogP contribution in [-0.2, 0) is 13.1 Å². The van der Waals surface area contributed by atoms with Crippen LogP contribution >= 0.6 is 0 Å². The van der Waals surface area contributed by atoms with Crippen molar-refractivity contribution in [3.8, 4) is 0 Å². The van der Waals surface area contributed by atoms with E-state index in [9.17, 15) is 5.11 Å². The van der Waals surface area contributed by atoms with Crippen molar-refractivity contribution in [3.63, 3.8) is 0 Å². The molecule has 19 heavy (non-hydrogen) atoms. The number of rotatable bonds is 3. The van der Waals surface area contributed by atoms with Gasteiger partial charge in [-0.25, -0.2) is 0 Å². The minimum absolute atomic E-state index is 0.0773. The number of fused-ring (bicyclic) bond motifs is 1. The topological polar surface area (TPSA) is 23.5 Å². The molecular weight excluding hydrogens is 234 g/mol. The third kappa shape index (κ3) is 2.85. The molecule has 0 aromatic heterocycles. The van der Waals surface area contributed by atoms with Crippen LogP contribution in [0.4, 0.5) is 0 Å². The van der Waals surface area contributed by atoms with Crippen LogP contribution < -0.4 is 0 Å². The second-order valence-electron chi connectivity index (χ2n) is 6.35. The summed E-state index contributed by atoms with van der Waals surface area (Å²) in [7, 11) is 0. The van der Waals surface area contributed by atoms with Crippen LogP contribution in [0.5, 0.6) is 0 Å². The molecule has 3 atom stereocenters. The van der Waals surface area contributed by atoms with E-state index in [1.165, 1.54) is 30.4 Å². The molecule has 3 unspecified atom stereocenters. The van der Waals surface area contributed by atoms with Gasteiger partial charge in [-0.2, -0.15) is 0 Å². The summed E-state index contributed by atoms with van der Waals surface area (Å²) in [5.41, 5.74) is 2.94. The SMILES string of the molecule is CCC1CCC(O)C(CN2Cc3ccccc3C2)C1. The van der Waals surface area contributed by atoms with Crippen LogP contribution in [0, 0.1) is 11.8 Å². The van der Waals surface area contributed by atoms with E-state index in [1.54, 1.807) is 0 Å². The van der Waals surface area contributed by atoms with Crippen LogP contribution in [0.2, 0.25) is 0 Å². The Balaban J connectivity index is 1.60. The zero-order valence-electron chi connectivity index (χ0n) is 11.9. The molecule has 3 rings (SSSR count). The van der Waals surface area contributed by atoms with Crippen LogP contribution in [0.15, 0.2) is 24.3 Å². The fourth-order valence-corrected chi connectivity index (χ4v) is 3.78. The maximum atomic E-state index is 10.2. The quantitative estimate of drug-likeness (QED) is 0.901. The van der Waals surface area contributed by atoms with Gasteiger partial charge in [-0.05, 0) is 42.2 Å². The van der Waals surface area contributed by atoms with Gasteiger partial charge in [-0.15, -0.1) is 0 Å². The molecule has 1 fully saturated rings. The van der Waals surface area contributed by atoms with Crippen molar-refractivity contribution in [1.82, 2.24) is 4.90 Å². The Morgan fingerprint density at radius 3 is 2.47 bits per heavy atom. The fraction of sp³-hybridized carbons (Fsp3) is 0.647. The van der Waals surface area contributed by atoms with Crippen molar-refractivity contribution in [2.45, 2.75) is 51.8 Å². The number of aliphatic hydroxyl groups excluding tert-OH is 1. The molecule has 2 heteroatoms. The van der Waals surface area contributed by atoms with Crippen LogP contribution in [0.3, 0.4) is 0 Å². The molecule has 1 N–H and O–H groups in total. The maximum Gasteiger partial charge on any atom is 0.0580 e. The Labute approximate surface area is 116 Å². The highest BCUT2D eigenvalue weighted by molar-refractivity contribution is 5.30. The van der Waals surface area contributed by atoms with E-state index in [4.69, 9.17) is 0 Å². The van der Waals surface area contributed by atoms with Gasteiger partial charge in [0.2, 0.25) is 0 Å². The van der Waals surface area contributed by atoms with Crippen molar-refractivity contribution in [1.29, 1.82) is 0 Å². The van der Waals surface area contributed by atoms with E-state index in [2.05, 4.69) is 36.1 Å². The summed E-state index contributed by atoms with van der Waals surface area (Å²) >= 11 is 0. The molecule has 104 valence electrons. The normalized spacial score (nSPS) is 31.4. The molecule has 0 radical (unpaired) electrons. The number of hydrogen-bond acceptors (Lipinski definition) is 2. The van der Waals surface area contributed by atoms with Crippen molar-refractivity contribution in [3.05, 3.63) is 35.4 Å². The number of aliphatic hydroxyl groups is 1. The smallest absolute Gasteiger partial charge is 0.0580 e. The molecule has 0 amide bonds. The lowest BCUT2D eigenvalue weighted by Gasteiger charge is -2.35. The summed E-state index contributed by atoms with van der Waals surface area (Å²) in [6, 6.07) is 8.73. The third-order valence-electron chi connectivity index (χ3n) is 5.03. The van der Waals surface area contributed by atoms with Gasteiger partial charge in [0.15, 0.2) is 0 Å². The first kappa shape index (κ1) is 13.1. The molecule has 1 aromatic rings. The second-order valence-corrected chi connectivity index (χ2v) is 6.35. The predicted molar refractivity (Wildman–Crippen MR) is 77.7 cm³/mol. The number of hydrogen-bond donors (Lipinski definition) is 1. The highest BCUT2D eigenvalue weighted by atomic mass is 16.3. The van der Waals surface area contributed by atoms with Gasteiger partial charge in [0.25, 0.3) is 0 Å². The number of nitrogens with zero attached hydrogens (tertiary/aromatic N) is 1. The monoisotopic (exact) mass is 259 g/mol. The molecule has 1 aliphatic carbocycles. The lowest BCUT2D eigenvalue weighted by Crippen LogP contribution is -2.37. The van der Waals surface area contributed by atoms with E-state index >= 15 is 0 Å². The van der Waals surface area contributed by atoms with Crippen LogP contribution in [0.25, 0.3) is 0 Å². The van der Waals surface area contributed by atoms with Crippen molar-refractivity contribution in [2.24, 2.45) is 11.8 Å². The second kappa shape index (κ2) is 5.64. The summed E-state index contributed by atoms with van der Waals surface area (Å²) in [4.78, 5) is 2.51. The zero-order chi connectivity index (χ0) is 13.2. The lowest BCUT2D eigenvalue weighted by molar-refractivity contribution is 0.0259. The highest BCUT2D eigenvalue weighted by Gasteiger charge is 2.31.